The monoisotopic (exact) mass is 408 g/mol. The molecule has 0 aliphatic heterocycles. The van der Waals surface area contributed by atoms with Gasteiger partial charge >= 0.3 is 0 Å². The summed E-state index contributed by atoms with van der Waals surface area (Å²) in [7, 11) is 0. The minimum Gasteiger partial charge on any atom is -0.368 e. The summed E-state index contributed by atoms with van der Waals surface area (Å²) in [6.07, 6.45) is 0. The number of nitrogens with one attached hydrogen (secondary N) is 1. The van der Waals surface area contributed by atoms with E-state index in [0.717, 1.165) is 11.3 Å². The number of para-hydroxylation sites is 1. The fourth-order valence-corrected chi connectivity index (χ4v) is 3.48. The molecule has 2 aromatic carbocycles. The van der Waals surface area contributed by atoms with Crippen LogP contribution in [0.1, 0.15) is 18.3 Å². The Morgan fingerprint density at radius 3 is 2.41 bits per heavy atom. The molecule has 0 unspecified atom stereocenters. The van der Waals surface area contributed by atoms with Gasteiger partial charge in [-0.2, -0.15) is 15.0 Å². The second kappa shape index (κ2) is 10.4. The van der Waals surface area contributed by atoms with Gasteiger partial charge in [-0.3, -0.25) is 4.79 Å². The molecule has 29 heavy (non-hydrogen) atoms. The van der Waals surface area contributed by atoms with E-state index in [4.69, 9.17) is 5.73 Å². The van der Waals surface area contributed by atoms with Crippen molar-refractivity contribution >= 4 is 35.3 Å². The summed E-state index contributed by atoms with van der Waals surface area (Å²) in [4.78, 5) is 27.1. The first-order chi connectivity index (χ1) is 14.1. The number of carbonyl (C=O) groups excluding carboxylic acids is 1. The number of hydrogen-bond donors (Lipinski definition) is 2. The van der Waals surface area contributed by atoms with Crippen molar-refractivity contribution in [3.63, 3.8) is 0 Å². The molecular formula is C21H24N6OS. The van der Waals surface area contributed by atoms with Crippen molar-refractivity contribution in [1.82, 2.24) is 19.9 Å². The molecule has 1 heterocycles. The summed E-state index contributed by atoms with van der Waals surface area (Å²) in [5, 5.41) is 3.11. The fraction of sp³-hybridized carbons (Fsp3) is 0.238. The molecule has 3 aromatic rings. The number of thioether (sulfide) groups is 1. The zero-order valence-electron chi connectivity index (χ0n) is 16.3. The number of amides is 1. The van der Waals surface area contributed by atoms with E-state index in [0.29, 0.717) is 36.4 Å². The number of rotatable bonds is 9. The van der Waals surface area contributed by atoms with Crippen molar-refractivity contribution < 1.29 is 4.79 Å². The average Bonchev–Trinajstić information content (AvgIpc) is 2.73. The summed E-state index contributed by atoms with van der Waals surface area (Å²) in [5.74, 6) is 2.01. The molecule has 0 fully saturated rings. The Morgan fingerprint density at radius 2 is 1.72 bits per heavy atom. The molecule has 0 saturated heterocycles. The highest BCUT2D eigenvalue weighted by Gasteiger charge is 2.13. The number of aromatic nitrogens is 3. The minimum atomic E-state index is 0.0889. The van der Waals surface area contributed by atoms with Crippen LogP contribution >= 0.6 is 11.8 Å². The lowest BCUT2D eigenvalue weighted by atomic mass is 10.2. The van der Waals surface area contributed by atoms with Gasteiger partial charge in [-0.05, 0) is 24.6 Å². The highest BCUT2D eigenvalue weighted by atomic mass is 32.2. The lowest BCUT2D eigenvalue weighted by molar-refractivity contribution is -0.128. The van der Waals surface area contributed by atoms with Crippen molar-refractivity contribution in [2.45, 2.75) is 19.2 Å². The van der Waals surface area contributed by atoms with Crippen LogP contribution in [0.15, 0.2) is 60.7 Å². The van der Waals surface area contributed by atoms with Crippen LogP contribution in [-0.2, 0) is 17.1 Å². The third-order valence-electron chi connectivity index (χ3n) is 4.14. The highest BCUT2D eigenvalue weighted by molar-refractivity contribution is 7.99. The first kappa shape index (κ1) is 20.6. The topological polar surface area (TPSA) is 97.0 Å². The SMILES string of the molecule is CCN(Cc1ccccc1)C(=O)CSCc1nc(N)nc(Nc2ccccc2)n1. The Morgan fingerprint density at radius 1 is 1.03 bits per heavy atom. The second-order valence-electron chi connectivity index (χ2n) is 6.31. The van der Waals surface area contributed by atoms with E-state index < -0.39 is 0 Å². The number of carbonyl (C=O) groups is 1. The van der Waals surface area contributed by atoms with E-state index in [2.05, 4.69) is 20.3 Å². The molecule has 0 atom stereocenters. The predicted molar refractivity (Wildman–Crippen MR) is 118 cm³/mol. The Kier molecular flexibility index (Phi) is 7.40. The molecular weight excluding hydrogens is 384 g/mol. The zero-order valence-corrected chi connectivity index (χ0v) is 17.1. The quantitative estimate of drug-likeness (QED) is 0.559. The number of anilines is 3. The van der Waals surface area contributed by atoms with Crippen LogP contribution in [0.2, 0.25) is 0 Å². The number of hydrogen-bond acceptors (Lipinski definition) is 7. The summed E-state index contributed by atoms with van der Waals surface area (Å²) in [6, 6.07) is 19.6. The highest BCUT2D eigenvalue weighted by Crippen LogP contribution is 2.16. The molecule has 0 radical (unpaired) electrons. The maximum atomic E-state index is 12.6. The van der Waals surface area contributed by atoms with Crippen LogP contribution in [0.25, 0.3) is 0 Å². The van der Waals surface area contributed by atoms with Gasteiger partial charge in [-0.1, -0.05) is 48.5 Å². The fourth-order valence-electron chi connectivity index (χ4n) is 2.71. The lowest BCUT2D eigenvalue weighted by Crippen LogP contribution is -2.31. The van der Waals surface area contributed by atoms with Crippen LogP contribution < -0.4 is 11.1 Å². The number of nitrogens with zero attached hydrogens (tertiary/aromatic N) is 4. The zero-order chi connectivity index (χ0) is 20.5. The van der Waals surface area contributed by atoms with Crippen molar-refractivity contribution in [2.75, 3.05) is 23.3 Å². The van der Waals surface area contributed by atoms with Gasteiger partial charge in [0.05, 0.1) is 11.5 Å². The molecule has 0 spiro atoms. The third kappa shape index (κ3) is 6.46. The lowest BCUT2D eigenvalue weighted by Gasteiger charge is -2.20. The molecule has 0 saturated carbocycles. The van der Waals surface area contributed by atoms with Gasteiger partial charge < -0.3 is 16.0 Å². The summed E-state index contributed by atoms with van der Waals surface area (Å²) in [6.45, 7) is 3.26. The predicted octanol–water partition coefficient (Wildman–Crippen LogP) is 3.48. The molecule has 0 aliphatic rings. The maximum absolute atomic E-state index is 12.6. The number of nitrogens with two attached hydrogens (primary N) is 1. The van der Waals surface area contributed by atoms with Crippen LogP contribution in [-0.4, -0.2) is 38.1 Å². The molecule has 150 valence electrons. The Balaban J connectivity index is 1.54. The van der Waals surface area contributed by atoms with Crippen molar-refractivity contribution in [3.05, 3.63) is 72.1 Å². The molecule has 1 amide bonds. The number of nitrogen functional groups attached to an aromatic ring is 1. The van der Waals surface area contributed by atoms with E-state index in [1.54, 1.807) is 0 Å². The van der Waals surface area contributed by atoms with Gasteiger partial charge in [0.1, 0.15) is 5.82 Å². The van der Waals surface area contributed by atoms with E-state index >= 15 is 0 Å². The van der Waals surface area contributed by atoms with Crippen molar-refractivity contribution in [1.29, 1.82) is 0 Å². The smallest absolute Gasteiger partial charge is 0.232 e. The standard InChI is InChI=1S/C21H24N6OS/c1-2-27(13-16-9-5-3-6-10-16)19(28)15-29-14-18-24-20(22)26-21(25-18)23-17-11-7-4-8-12-17/h3-12H,2,13-15H2,1H3,(H3,22,23,24,25,26). The van der Waals surface area contributed by atoms with E-state index in [-0.39, 0.29) is 11.9 Å². The number of benzene rings is 2. The van der Waals surface area contributed by atoms with Crippen LogP contribution in [0, 0.1) is 0 Å². The van der Waals surface area contributed by atoms with Crippen LogP contribution in [0.3, 0.4) is 0 Å². The first-order valence-electron chi connectivity index (χ1n) is 9.36. The Labute approximate surface area is 174 Å². The Bertz CT molecular complexity index is 923. The van der Waals surface area contributed by atoms with Gasteiger partial charge in [0, 0.05) is 18.8 Å². The average molecular weight is 409 g/mol. The maximum Gasteiger partial charge on any atom is 0.232 e. The minimum absolute atomic E-state index is 0.0889. The van der Waals surface area contributed by atoms with Crippen LogP contribution in [0.4, 0.5) is 17.6 Å². The second-order valence-corrected chi connectivity index (χ2v) is 7.30. The van der Waals surface area contributed by atoms with Crippen molar-refractivity contribution in [3.8, 4) is 0 Å². The van der Waals surface area contributed by atoms with Gasteiger partial charge in [0.25, 0.3) is 0 Å². The van der Waals surface area contributed by atoms with Crippen molar-refractivity contribution in [2.24, 2.45) is 0 Å². The largest absolute Gasteiger partial charge is 0.368 e. The summed E-state index contributed by atoms with van der Waals surface area (Å²) >= 11 is 1.47. The van der Waals surface area contributed by atoms with Gasteiger partial charge in [0.2, 0.25) is 17.8 Å². The van der Waals surface area contributed by atoms with E-state index in [1.165, 1.54) is 11.8 Å². The molecule has 0 bridgehead atoms. The molecule has 7 nitrogen and oxygen atoms in total. The van der Waals surface area contributed by atoms with Gasteiger partial charge in [-0.25, -0.2) is 0 Å². The van der Waals surface area contributed by atoms with E-state index in [1.807, 2.05) is 72.5 Å². The molecule has 3 N–H and O–H groups in total. The molecule has 8 heteroatoms. The Hall–Kier alpha value is -3.13. The van der Waals surface area contributed by atoms with Gasteiger partial charge in [-0.15, -0.1) is 11.8 Å². The molecule has 0 aliphatic carbocycles. The normalized spacial score (nSPS) is 10.5. The summed E-state index contributed by atoms with van der Waals surface area (Å²) < 4.78 is 0. The first-order valence-corrected chi connectivity index (χ1v) is 10.5. The van der Waals surface area contributed by atoms with Gasteiger partial charge in [0.15, 0.2) is 0 Å². The third-order valence-corrected chi connectivity index (χ3v) is 5.05. The molecule has 1 aromatic heterocycles. The van der Waals surface area contributed by atoms with E-state index in [9.17, 15) is 4.79 Å². The summed E-state index contributed by atoms with van der Waals surface area (Å²) in [5.41, 5.74) is 7.80. The van der Waals surface area contributed by atoms with Crippen LogP contribution in [0.5, 0.6) is 0 Å². The molecule has 3 rings (SSSR count).